The summed E-state index contributed by atoms with van der Waals surface area (Å²) >= 11 is 18.4. The van der Waals surface area contributed by atoms with E-state index in [1.165, 1.54) is 23.1 Å². The van der Waals surface area contributed by atoms with E-state index < -0.39 is 28.5 Å². The van der Waals surface area contributed by atoms with E-state index >= 15 is 0 Å². The molecule has 0 bridgehead atoms. The number of nitrogens with one attached hydrogen (secondary N) is 1. The second-order valence-corrected chi connectivity index (χ2v) is 12.2. The van der Waals surface area contributed by atoms with E-state index in [9.17, 15) is 18.0 Å². The molecule has 0 aromatic heterocycles. The van der Waals surface area contributed by atoms with Gasteiger partial charge in [0.15, 0.2) is 0 Å². The Labute approximate surface area is 227 Å². The van der Waals surface area contributed by atoms with E-state index in [2.05, 4.69) is 5.32 Å². The molecule has 2 aromatic carbocycles. The monoisotopic (exact) mass is 573 g/mol. The highest BCUT2D eigenvalue weighted by molar-refractivity contribution is 7.92. The highest BCUT2D eigenvalue weighted by Gasteiger charge is 2.31. The fourth-order valence-electron chi connectivity index (χ4n) is 4.26. The predicted octanol–water partition coefficient (Wildman–Crippen LogP) is 5.28. The third-order valence-corrected chi connectivity index (χ3v) is 8.12. The van der Waals surface area contributed by atoms with E-state index in [-0.39, 0.29) is 29.2 Å². The van der Waals surface area contributed by atoms with Gasteiger partial charge in [0.1, 0.15) is 12.6 Å². The summed E-state index contributed by atoms with van der Waals surface area (Å²) in [5, 5.41) is 3.97. The van der Waals surface area contributed by atoms with Crippen molar-refractivity contribution >= 4 is 62.3 Å². The van der Waals surface area contributed by atoms with Crippen molar-refractivity contribution < 1.29 is 18.0 Å². The molecule has 1 atom stereocenters. The average Bonchev–Trinajstić information content (AvgIpc) is 2.81. The lowest BCUT2D eigenvalue weighted by molar-refractivity contribution is -0.139. The summed E-state index contributed by atoms with van der Waals surface area (Å²) in [4.78, 5) is 28.1. The molecule has 0 heterocycles. The number of amides is 2. The van der Waals surface area contributed by atoms with Gasteiger partial charge in [-0.05, 0) is 55.7 Å². The standard InChI is InChI=1S/C25H30Cl3N3O4S/c1-17(25(33)29-21-9-4-3-5-10-21)30(15-18-7-6-8-19(26)13-18)24(32)16-31(36(2,34)35)23-12-11-20(27)14-22(23)28/h6-8,11-14,17,21H,3-5,9-10,15-16H2,1-2H3,(H,29,33)/t17-/m1/s1. The number of nitrogens with zero attached hydrogens (tertiary/aromatic N) is 2. The van der Waals surface area contributed by atoms with Crippen molar-refractivity contribution in [1.82, 2.24) is 10.2 Å². The van der Waals surface area contributed by atoms with E-state index in [0.717, 1.165) is 42.7 Å². The second-order valence-electron chi connectivity index (χ2n) is 9.04. The van der Waals surface area contributed by atoms with Crippen molar-refractivity contribution in [2.24, 2.45) is 0 Å². The van der Waals surface area contributed by atoms with Gasteiger partial charge in [-0.15, -0.1) is 0 Å². The Morgan fingerprint density at radius 2 is 1.69 bits per heavy atom. The maximum absolute atomic E-state index is 13.6. The average molecular weight is 575 g/mol. The molecule has 1 fully saturated rings. The molecule has 1 aliphatic rings. The minimum atomic E-state index is -3.89. The number of benzene rings is 2. The van der Waals surface area contributed by atoms with Gasteiger partial charge in [-0.25, -0.2) is 8.42 Å². The van der Waals surface area contributed by atoms with Crippen LogP contribution in [0.4, 0.5) is 5.69 Å². The summed E-state index contributed by atoms with van der Waals surface area (Å²) in [6.45, 7) is 1.17. The molecule has 11 heteroatoms. The number of sulfonamides is 1. The van der Waals surface area contributed by atoms with Crippen molar-refractivity contribution in [2.75, 3.05) is 17.1 Å². The predicted molar refractivity (Wildman–Crippen MR) is 145 cm³/mol. The number of anilines is 1. The minimum Gasteiger partial charge on any atom is -0.352 e. The van der Waals surface area contributed by atoms with E-state index in [0.29, 0.717) is 15.6 Å². The van der Waals surface area contributed by atoms with Gasteiger partial charge in [0.25, 0.3) is 0 Å². The van der Waals surface area contributed by atoms with E-state index in [1.54, 1.807) is 31.2 Å². The number of halogens is 3. The van der Waals surface area contributed by atoms with Gasteiger partial charge in [-0.3, -0.25) is 13.9 Å². The summed E-state index contributed by atoms with van der Waals surface area (Å²) < 4.78 is 26.2. The number of hydrogen-bond donors (Lipinski definition) is 1. The van der Waals surface area contributed by atoms with Crippen LogP contribution < -0.4 is 9.62 Å². The van der Waals surface area contributed by atoms with Crippen LogP contribution in [-0.2, 0) is 26.2 Å². The summed E-state index contributed by atoms with van der Waals surface area (Å²) in [6.07, 6.45) is 6.04. The first-order valence-corrected chi connectivity index (χ1v) is 14.7. The van der Waals surface area contributed by atoms with Gasteiger partial charge >= 0.3 is 0 Å². The van der Waals surface area contributed by atoms with Crippen LogP contribution in [-0.4, -0.2) is 50.0 Å². The Kier molecular flexibility index (Phi) is 9.92. The SMILES string of the molecule is C[C@H](C(=O)NC1CCCCC1)N(Cc1cccc(Cl)c1)C(=O)CN(c1ccc(Cl)cc1Cl)S(C)(=O)=O. The topological polar surface area (TPSA) is 86.8 Å². The normalized spacial score (nSPS) is 15.2. The molecule has 0 spiro atoms. The van der Waals surface area contributed by atoms with Crippen molar-refractivity contribution in [1.29, 1.82) is 0 Å². The van der Waals surface area contributed by atoms with Gasteiger partial charge in [-0.1, -0.05) is 66.2 Å². The van der Waals surface area contributed by atoms with Crippen LogP contribution in [0.25, 0.3) is 0 Å². The van der Waals surface area contributed by atoms with Gasteiger partial charge in [0, 0.05) is 22.6 Å². The maximum Gasteiger partial charge on any atom is 0.244 e. The third-order valence-electron chi connectivity index (χ3n) is 6.22. The zero-order chi connectivity index (χ0) is 26.5. The van der Waals surface area contributed by atoms with Gasteiger partial charge in [-0.2, -0.15) is 0 Å². The zero-order valence-electron chi connectivity index (χ0n) is 20.2. The quantitative estimate of drug-likeness (QED) is 0.442. The molecule has 2 aromatic rings. The molecule has 2 amide bonds. The second kappa shape index (κ2) is 12.5. The summed E-state index contributed by atoms with van der Waals surface area (Å²) in [5.41, 5.74) is 0.836. The summed E-state index contributed by atoms with van der Waals surface area (Å²) in [7, 11) is -3.89. The van der Waals surface area contributed by atoms with Gasteiger partial charge < -0.3 is 10.2 Å². The van der Waals surface area contributed by atoms with Crippen LogP contribution in [0.15, 0.2) is 42.5 Å². The Morgan fingerprint density at radius 1 is 1.03 bits per heavy atom. The van der Waals surface area contributed by atoms with Crippen molar-refractivity contribution in [3.8, 4) is 0 Å². The highest BCUT2D eigenvalue weighted by atomic mass is 35.5. The summed E-state index contributed by atoms with van der Waals surface area (Å²) in [5.74, 6) is -0.842. The third kappa shape index (κ3) is 7.75. The number of carbonyl (C=O) groups is 2. The number of hydrogen-bond acceptors (Lipinski definition) is 4. The van der Waals surface area contributed by atoms with Crippen LogP contribution in [0.5, 0.6) is 0 Å². The van der Waals surface area contributed by atoms with Gasteiger partial charge in [0.05, 0.1) is 17.0 Å². The lowest BCUT2D eigenvalue weighted by Gasteiger charge is -2.33. The van der Waals surface area contributed by atoms with Crippen LogP contribution in [0.2, 0.25) is 15.1 Å². The first-order chi connectivity index (χ1) is 17.0. The smallest absolute Gasteiger partial charge is 0.244 e. The van der Waals surface area contributed by atoms with Crippen LogP contribution in [0, 0.1) is 0 Å². The Bertz CT molecular complexity index is 1200. The molecular formula is C25H30Cl3N3O4S. The fraction of sp³-hybridized carbons (Fsp3) is 0.440. The van der Waals surface area contributed by atoms with Crippen LogP contribution >= 0.6 is 34.8 Å². The molecule has 3 rings (SSSR count). The maximum atomic E-state index is 13.6. The van der Waals surface area contributed by atoms with Gasteiger partial charge in [0.2, 0.25) is 21.8 Å². The first-order valence-electron chi connectivity index (χ1n) is 11.7. The number of carbonyl (C=O) groups excluding carboxylic acids is 2. The van der Waals surface area contributed by atoms with Crippen molar-refractivity contribution in [3.63, 3.8) is 0 Å². The van der Waals surface area contributed by atoms with Crippen LogP contribution in [0.3, 0.4) is 0 Å². The number of rotatable bonds is 9. The van der Waals surface area contributed by atoms with Crippen LogP contribution in [0.1, 0.15) is 44.6 Å². The molecule has 7 nitrogen and oxygen atoms in total. The molecule has 0 radical (unpaired) electrons. The molecule has 196 valence electrons. The Hall–Kier alpha value is -2.00. The molecule has 1 aliphatic carbocycles. The molecule has 1 N–H and O–H groups in total. The molecule has 0 unspecified atom stereocenters. The Balaban J connectivity index is 1.89. The Morgan fingerprint density at radius 3 is 2.31 bits per heavy atom. The molecule has 0 aliphatic heterocycles. The zero-order valence-corrected chi connectivity index (χ0v) is 23.3. The fourth-order valence-corrected chi connectivity index (χ4v) is 5.90. The van der Waals surface area contributed by atoms with Crippen molar-refractivity contribution in [2.45, 2.75) is 57.7 Å². The lowest BCUT2D eigenvalue weighted by Crippen LogP contribution is -2.53. The first kappa shape index (κ1) is 28.6. The lowest BCUT2D eigenvalue weighted by atomic mass is 9.95. The van der Waals surface area contributed by atoms with Crippen molar-refractivity contribution in [3.05, 3.63) is 63.1 Å². The molecular weight excluding hydrogens is 545 g/mol. The summed E-state index contributed by atoms with van der Waals surface area (Å²) in [6, 6.07) is 10.5. The highest BCUT2D eigenvalue weighted by Crippen LogP contribution is 2.30. The van der Waals surface area contributed by atoms with E-state index in [4.69, 9.17) is 34.8 Å². The minimum absolute atomic E-state index is 0.0669. The largest absolute Gasteiger partial charge is 0.352 e. The van der Waals surface area contributed by atoms with E-state index in [1.807, 2.05) is 0 Å². The molecule has 36 heavy (non-hydrogen) atoms. The molecule has 0 saturated heterocycles. The molecule has 1 saturated carbocycles.